The lowest BCUT2D eigenvalue weighted by Gasteiger charge is -2.10. The number of carbonyl (C=O) groups is 1. The van der Waals surface area contributed by atoms with Gasteiger partial charge in [-0.05, 0) is 25.1 Å². The van der Waals surface area contributed by atoms with E-state index in [2.05, 4.69) is 27.1 Å². The minimum Gasteiger partial charge on any atom is -0.493 e. The van der Waals surface area contributed by atoms with Crippen molar-refractivity contribution >= 4 is 39.2 Å². The molecule has 3 aromatic rings. The second kappa shape index (κ2) is 9.03. The number of amides is 1. The second-order valence-corrected chi connectivity index (χ2v) is 7.88. The highest BCUT2D eigenvalue weighted by atomic mass is 32.2. The summed E-state index contributed by atoms with van der Waals surface area (Å²) in [6.07, 6.45) is 1.64. The van der Waals surface area contributed by atoms with E-state index in [4.69, 9.17) is 9.47 Å². The van der Waals surface area contributed by atoms with E-state index in [1.165, 1.54) is 11.8 Å². The average Bonchev–Trinajstić information content (AvgIpc) is 3.11. The zero-order valence-corrected chi connectivity index (χ0v) is 17.4. The van der Waals surface area contributed by atoms with Crippen molar-refractivity contribution in [2.45, 2.75) is 11.9 Å². The van der Waals surface area contributed by atoms with Crippen LogP contribution in [0.3, 0.4) is 0 Å². The van der Waals surface area contributed by atoms with Gasteiger partial charge in [0.2, 0.25) is 5.91 Å². The molecule has 0 aliphatic heterocycles. The Morgan fingerprint density at radius 3 is 2.79 bits per heavy atom. The summed E-state index contributed by atoms with van der Waals surface area (Å²) in [6.45, 7) is 5.96. The highest BCUT2D eigenvalue weighted by Gasteiger charge is 2.18. The standard InChI is InChI=1S/C19H20N4O3S2/c1-5-8-20-15(24)10-27-19-17-18(28-11(2)21-17)16(22-23-19)12-6-7-13(25-3)14(9-12)26-4/h5-7,9H,1,8,10H2,2-4H3,(H,20,24). The minimum atomic E-state index is -0.0873. The third-order valence-corrected chi connectivity index (χ3v) is 5.77. The molecule has 3 rings (SSSR count). The van der Waals surface area contributed by atoms with Gasteiger partial charge in [0.05, 0.1) is 29.7 Å². The zero-order chi connectivity index (χ0) is 20.1. The van der Waals surface area contributed by atoms with Crippen molar-refractivity contribution in [2.75, 3.05) is 26.5 Å². The number of aromatic nitrogens is 3. The molecule has 0 aliphatic rings. The van der Waals surface area contributed by atoms with Crippen LogP contribution in [0.15, 0.2) is 35.9 Å². The smallest absolute Gasteiger partial charge is 0.230 e. The Balaban J connectivity index is 1.96. The molecule has 0 fully saturated rings. The third-order valence-electron chi connectivity index (χ3n) is 3.83. The number of carbonyl (C=O) groups excluding carboxylic acids is 1. The first-order chi connectivity index (χ1) is 13.6. The molecule has 1 N–H and O–H groups in total. The lowest BCUT2D eigenvalue weighted by molar-refractivity contribution is -0.118. The van der Waals surface area contributed by atoms with Crippen LogP contribution in [-0.2, 0) is 4.79 Å². The summed E-state index contributed by atoms with van der Waals surface area (Å²) in [6, 6.07) is 5.62. The van der Waals surface area contributed by atoms with E-state index in [-0.39, 0.29) is 11.7 Å². The Morgan fingerprint density at radius 2 is 2.07 bits per heavy atom. The normalized spacial score (nSPS) is 10.7. The lowest BCUT2D eigenvalue weighted by Crippen LogP contribution is -2.24. The van der Waals surface area contributed by atoms with Crippen LogP contribution in [0.5, 0.6) is 11.5 Å². The SMILES string of the molecule is C=CCNC(=O)CSc1nnc(-c2ccc(OC)c(OC)c2)c2sc(C)nc12. The van der Waals surface area contributed by atoms with Gasteiger partial charge < -0.3 is 14.8 Å². The monoisotopic (exact) mass is 416 g/mol. The number of nitrogens with one attached hydrogen (secondary N) is 1. The number of fused-ring (bicyclic) bond motifs is 1. The van der Waals surface area contributed by atoms with Crippen LogP contribution in [0, 0.1) is 6.92 Å². The van der Waals surface area contributed by atoms with E-state index in [0.717, 1.165) is 26.5 Å². The molecule has 2 aromatic heterocycles. The summed E-state index contributed by atoms with van der Waals surface area (Å²) in [5.74, 6) is 1.42. The zero-order valence-electron chi connectivity index (χ0n) is 15.8. The molecule has 0 spiro atoms. The Bertz CT molecular complexity index is 1020. The molecule has 0 saturated heterocycles. The number of aryl methyl sites for hydroxylation is 1. The Labute approximate surface area is 171 Å². The molecule has 0 unspecified atom stereocenters. The van der Waals surface area contributed by atoms with Crippen molar-refractivity contribution in [3.63, 3.8) is 0 Å². The summed E-state index contributed by atoms with van der Waals surface area (Å²) in [7, 11) is 3.19. The topological polar surface area (TPSA) is 86.2 Å². The van der Waals surface area contributed by atoms with E-state index >= 15 is 0 Å². The molecule has 0 aliphatic carbocycles. The minimum absolute atomic E-state index is 0.0873. The van der Waals surface area contributed by atoms with Gasteiger partial charge in [0.25, 0.3) is 0 Å². The first-order valence-electron chi connectivity index (χ1n) is 8.44. The molecule has 7 nitrogen and oxygen atoms in total. The van der Waals surface area contributed by atoms with Crippen LogP contribution in [0.2, 0.25) is 0 Å². The fourth-order valence-corrected chi connectivity index (χ4v) is 4.31. The van der Waals surface area contributed by atoms with Crippen LogP contribution in [-0.4, -0.2) is 47.6 Å². The van der Waals surface area contributed by atoms with Crippen molar-refractivity contribution in [1.29, 1.82) is 0 Å². The maximum absolute atomic E-state index is 11.9. The largest absolute Gasteiger partial charge is 0.493 e. The highest BCUT2D eigenvalue weighted by Crippen LogP contribution is 2.38. The average molecular weight is 417 g/mol. The van der Waals surface area contributed by atoms with Crippen LogP contribution in [0.25, 0.3) is 21.5 Å². The Kier molecular flexibility index (Phi) is 6.48. The number of hydrogen-bond donors (Lipinski definition) is 1. The molecule has 2 heterocycles. The van der Waals surface area contributed by atoms with Gasteiger partial charge in [0.15, 0.2) is 11.5 Å². The highest BCUT2D eigenvalue weighted by molar-refractivity contribution is 8.00. The predicted molar refractivity (Wildman–Crippen MR) is 112 cm³/mol. The molecular formula is C19H20N4O3S2. The van der Waals surface area contributed by atoms with Gasteiger partial charge in [-0.25, -0.2) is 4.98 Å². The molecular weight excluding hydrogens is 396 g/mol. The molecule has 0 radical (unpaired) electrons. The van der Waals surface area contributed by atoms with Crippen molar-refractivity contribution in [1.82, 2.24) is 20.5 Å². The molecule has 0 atom stereocenters. The van der Waals surface area contributed by atoms with E-state index in [0.29, 0.717) is 23.1 Å². The first kappa shape index (κ1) is 20.1. The fourth-order valence-electron chi connectivity index (χ4n) is 2.56. The number of benzene rings is 1. The van der Waals surface area contributed by atoms with Crippen molar-refractivity contribution in [3.8, 4) is 22.8 Å². The van der Waals surface area contributed by atoms with Crippen molar-refractivity contribution < 1.29 is 14.3 Å². The van der Waals surface area contributed by atoms with Gasteiger partial charge in [0.1, 0.15) is 16.2 Å². The van der Waals surface area contributed by atoms with Crippen LogP contribution in [0.4, 0.5) is 0 Å². The number of ether oxygens (including phenoxy) is 2. The first-order valence-corrected chi connectivity index (χ1v) is 10.2. The van der Waals surface area contributed by atoms with Crippen molar-refractivity contribution in [2.24, 2.45) is 0 Å². The summed E-state index contributed by atoms with van der Waals surface area (Å²) >= 11 is 2.87. The van der Waals surface area contributed by atoms with Gasteiger partial charge in [-0.3, -0.25) is 4.79 Å². The van der Waals surface area contributed by atoms with E-state index in [1.54, 1.807) is 31.6 Å². The maximum Gasteiger partial charge on any atom is 0.230 e. The van der Waals surface area contributed by atoms with E-state index in [1.807, 2.05) is 25.1 Å². The van der Waals surface area contributed by atoms with Crippen LogP contribution >= 0.6 is 23.1 Å². The maximum atomic E-state index is 11.9. The summed E-state index contributed by atoms with van der Waals surface area (Å²) < 4.78 is 11.6. The molecule has 1 amide bonds. The Morgan fingerprint density at radius 1 is 1.29 bits per heavy atom. The van der Waals surface area contributed by atoms with Gasteiger partial charge >= 0.3 is 0 Å². The number of methoxy groups -OCH3 is 2. The quantitative estimate of drug-likeness (QED) is 0.444. The van der Waals surface area contributed by atoms with E-state index in [9.17, 15) is 4.79 Å². The van der Waals surface area contributed by atoms with Gasteiger partial charge in [-0.15, -0.1) is 28.1 Å². The van der Waals surface area contributed by atoms with Gasteiger partial charge in [-0.1, -0.05) is 17.8 Å². The van der Waals surface area contributed by atoms with Gasteiger partial charge in [0, 0.05) is 12.1 Å². The number of thioether (sulfide) groups is 1. The predicted octanol–water partition coefficient (Wildman–Crippen LogP) is 3.47. The Hall–Kier alpha value is -2.65. The third kappa shape index (κ3) is 4.26. The lowest BCUT2D eigenvalue weighted by atomic mass is 10.1. The number of rotatable bonds is 8. The number of thiazole rings is 1. The summed E-state index contributed by atoms with van der Waals surface area (Å²) in [4.78, 5) is 16.5. The van der Waals surface area contributed by atoms with E-state index < -0.39 is 0 Å². The number of nitrogens with zero attached hydrogens (tertiary/aromatic N) is 3. The van der Waals surface area contributed by atoms with Gasteiger partial charge in [-0.2, -0.15) is 0 Å². The summed E-state index contributed by atoms with van der Waals surface area (Å²) in [5.41, 5.74) is 2.34. The fraction of sp³-hybridized carbons (Fsp3) is 0.263. The molecule has 0 saturated carbocycles. The number of hydrogen-bond acceptors (Lipinski definition) is 8. The van der Waals surface area contributed by atoms with Crippen LogP contribution in [0.1, 0.15) is 5.01 Å². The molecule has 28 heavy (non-hydrogen) atoms. The van der Waals surface area contributed by atoms with Crippen LogP contribution < -0.4 is 14.8 Å². The molecule has 0 bridgehead atoms. The molecule has 1 aromatic carbocycles. The van der Waals surface area contributed by atoms with Crippen molar-refractivity contribution in [3.05, 3.63) is 35.9 Å². The molecule has 146 valence electrons. The molecule has 9 heteroatoms. The second-order valence-electron chi connectivity index (χ2n) is 5.72. The summed E-state index contributed by atoms with van der Waals surface area (Å²) in [5, 5.41) is 13.0.